The lowest BCUT2D eigenvalue weighted by molar-refractivity contribution is 0.214. The fourth-order valence-corrected chi connectivity index (χ4v) is 2.67. The molecule has 1 N–H and O–H groups in total. The third kappa shape index (κ3) is 3.50. The van der Waals surface area contributed by atoms with Gasteiger partial charge in [0.25, 0.3) is 0 Å². The Labute approximate surface area is 120 Å². The van der Waals surface area contributed by atoms with Crippen LogP contribution in [0.15, 0.2) is 42.5 Å². The van der Waals surface area contributed by atoms with Crippen molar-refractivity contribution in [2.75, 3.05) is 39.3 Å². The number of benzene rings is 2. The molecule has 0 saturated carbocycles. The molecule has 3 nitrogen and oxygen atoms in total. The van der Waals surface area contributed by atoms with E-state index in [9.17, 15) is 0 Å². The smallest absolute Gasteiger partial charge is 0.119 e. The van der Waals surface area contributed by atoms with Crippen molar-refractivity contribution in [3.05, 3.63) is 42.5 Å². The van der Waals surface area contributed by atoms with Crippen LogP contribution in [0.1, 0.15) is 6.42 Å². The lowest BCUT2D eigenvalue weighted by Crippen LogP contribution is -2.43. The van der Waals surface area contributed by atoms with Crippen molar-refractivity contribution in [2.45, 2.75) is 6.42 Å². The summed E-state index contributed by atoms with van der Waals surface area (Å²) in [6.45, 7) is 6.49. The predicted molar refractivity (Wildman–Crippen MR) is 83.4 cm³/mol. The van der Waals surface area contributed by atoms with Crippen molar-refractivity contribution in [1.82, 2.24) is 10.2 Å². The van der Waals surface area contributed by atoms with Gasteiger partial charge in [-0.25, -0.2) is 0 Å². The van der Waals surface area contributed by atoms with Crippen molar-refractivity contribution < 1.29 is 4.74 Å². The molecule has 1 heterocycles. The average molecular weight is 270 g/mol. The van der Waals surface area contributed by atoms with Crippen molar-refractivity contribution >= 4 is 10.8 Å². The summed E-state index contributed by atoms with van der Waals surface area (Å²) in [7, 11) is 0. The van der Waals surface area contributed by atoms with Gasteiger partial charge in [-0.05, 0) is 29.3 Å². The maximum atomic E-state index is 5.86. The molecule has 0 amide bonds. The highest BCUT2D eigenvalue weighted by Gasteiger charge is 2.08. The van der Waals surface area contributed by atoms with E-state index >= 15 is 0 Å². The summed E-state index contributed by atoms with van der Waals surface area (Å²) in [6.07, 6.45) is 1.09. The number of piperazine rings is 1. The van der Waals surface area contributed by atoms with Crippen LogP contribution < -0.4 is 10.1 Å². The Kier molecular flexibility index (Phi) is 4.51. The molecule has 3 heteroatoms. The van der Waals surface area contributed by atoms with Crippen LogP contribution in [0.5, 0.6) is 5.75 Å². The summed E-state index contributed by atoms with van der Waals surface area (Å²) in [5.41, 5.74) is 0. The number of nitrogens with one attached hydrogen (secondary N) is 1. The quantitative estimate of drug-likeness (QED) is 0.845. The second-order valence-electron chi connectivity index (χ2n) is 5.30. The van der Waals surface area contributed by atoms with Crippen LogP contribution in [-0.2, 0) is 0 Å². The van der Waals surface area contributed by atoms with Crippen LogP contribution in [0.2, 0.25) is 0 Å². The van der Waals surface area contributed by atoms with Gasteiger partial charge < -0.3 is 15.0 Å². The molecule has 0 aliphatic carbocycles. The SMILES string of the molecule is c1ccc2cc(OCCCN3CCNCC3)ccc2c1. The fraction of sp³-hybridized carbons (Fsp3) is 0.412. The number of ether oxygens (including phenoxy) is 1. The van der Waals surface area contributed by atoms with Crippen molar-refractivity contribution in [1.29, 1.82) is 0 Å². The summed E-state index contributed by atoms with van der Waals surface area (Å²) < 4.78 is 5.86. The van der Waals surface area contributed by atoms with Gasteiger partial charge in [0, 0.05) is 32.7 Å². The van der Waals surface area contributed by atoms with Crippen LogP contribution in [0, 0.1) is 0 Å². The van der Waals surface area contributed by atoms with Gasteiger partial charge in [-0.1, -0.05) is 30.3 Å². The summed E-state index contributed by atoms with van der Waals surface area (Å²) in [5, 5.41) is 5.88. The lowest BCUT2D eigenvalue weighted by atomic mass is 10.1. The first-order valence-corrected chi connectivity index (χ1v) is 7.46. The molecular weight excluding hydrogens is 248 g/mol. The van der Waals surface area contributed by atoms with Gasteiger partial charge in [0.05, 0.1) is 6.61 Å². The Morgan fingerprint density at radius 1 is 1.00 bits per heavy atom. The monoisotopic (exact) mass is 270 g/mol. The average Bonchev–Trinajstić information content (AvgIpc) is 2.52. The van der Waals surface area contributed by atoms with E-state index < -0.39 is 0 Å². The topological polar surface area (TPSA) is 24.5 Å². The molecule has 2 aromatic carbocycles. The predicted octanol–water partition coefficient (Wildman–Crippen LogP) is 2.51. The van der Waals surface area contributed by atoms with Crippen LogP contribution in [0.3, 0.4) is 0 Å². The fourth-order valence-electron chi connectivity index (χ4n) is 2.67. The van der Waals surface area contributed by atoms with Gasteiger partial charge in [0.2, 0.25) is 0 Å². The zero-order chi connectivity index (χ0) is 13.6. The molecule has 0 radical (unpaired) electrons. The Balaban J connectivity index is 1.47. The molecular formula is C17H22N2O. The molecule has 1 fully saturated rings. The molecule has 106 valence electrons. The first-order valence-electron chi connectivity index (χ1n) is 7.46. The largest absolute Gasteiger partial charge is 0.494 e. The second-order valence-corrected chi connectivity index (χ2v) is 5.30. The van der Waals surface area contributed by atoms with Gasteiger partial charge in [0.15, 0.2) is 0 Å². The number of fused-ring (bicyclic) bond motifs is 1. The van der Waals surface area contributed by atoms with Gasteiger partial charge in [-0.15, -0.1) is 0 Å². The summed E-state index contributed by atoms with van der Waals surface area (Å²) in [5.74, 6) is 0.976. The van der Waals surface area contributed by atoms with E-state index in [2.05, 4.69) is 52.7 Å². The summed E-state index contributed by atoms with van der Waals surface area (Å²) in [6, 6.07) is 14.7. The molecule has 0 aromatic heterocycles. The van der Waals surface area contributed by atoms with Gasteiger partial charge in [0.1, 0.15) is 5.75 Å². The molecule has 1 aliphatic rings. The van der Waals surface area contributed by atoms with E-state index in [1.807, 2.05) is 0 Å². The van der Waals surface area contributed by atoms with Crippen LogP contribution in [-0.4, -0.2) is 44.2 Å². The first-order chi connectivity index (χ1) is 9.92. The van der Waals surface area contributed by atoms with Gasteiger partial charge >= 0.3 is 0 Å². The maximum absolute atomic E-state index is 5.86. The van der Waals surface area contributed by atoms with Crippen LogP contribution in [0.25, 0.3) is 10.8 Å². The van der Waals surface area contributed by atoms with E-state index in [4.69, 9.17) is 4.74 Å². The summed E-state index contributed by atoms with van der Waals surface area (Å²) in [4.78, 5) is 2.50. The van der Waals surface area contributed by atoms with Crippen LogP contribution in [0.4, 0.5) is 0 Å². The molecule has 1 saturated heterocycles. The molecule has 0 bridgehead atoms. The van der Waals surface area contributed by atoms with E-state index in [1.54, 1.807) is 0 Å². The Bertz CT molecular complexity index is 549. The highest BCUT2D eigenvalue weighted by molar-refractivity contribution is 5.83. The molecule has 20 heavy (non-hydrogen) atoms. The number of hydrogen-bond donors (Lipinski definition) is 1. The zero-order valence-electron chi connectivity index (χ0n) is 11.8. The standard InChI is InChI=1S/C17H22N2O/c1-2-5-16-14-17(7-6-15(16)4-1)20-13-3-10-19-11-8-18-9-12-19/h1-2,4-7,14,18H,3,8-13H2. The van der Waals surface area contributed by atoms with Gasteiger partial charge in [-0.2, -0.15) is 0 Å². The molecule has 0 spiro atoms. The third-order valence-corrected chi connectivity index (χ3v) is 3.82. The van der Waals surface area contributed by atoms with Crippen molar-refractivity contribution in [2.24, 2.45) is 0 Å². The minimum atomic E-state index is 0.794. The first kappa shape index (κ1) is 13.4. The molecule has 2 aromatic rings. The van der Waals surface area contributed by atoms with E-state index in [-0.39, 0.29) is 0 Å². The highest BCUT2D eigenvalue weighted by atomic mass is 16.5. The van der Waals surface area contributed by atoms with Gasteiger partial charge in [-0.3, -0.25) is 0 Å². The van der Waals surface area contributed by atoms with Crippen molar-refractivity contribution in [3.8, 4) is 5.75 Å². The molecule has 0 atom stereocenters. The molecule has 1 aliphatic heterocycles. The number of rotatable bonds is 5. The number of hydrogen-bond acceptors (Lipinski definition) is 3. The number of nitrogens with zero attached hydrogens (tertiary/aromatic N) is 1. The maximum Gasteiger partial charge on any atom is 0.119 e. The lowest BCUT2D eigenvalue weighted by Gasteiger charge is -2.26. The van der Waals surface area contributed by atoms with Crippen molar-refractivity contribution in [3.63, 3.8) is 0 Å². The van der Waals surface area contributed by atoms with E-state index in [1.165, 1.54) is 10.8 Å². The second kappa shape index (κ2) is 6.73. The van der Waals surface area contributed by atoms with E-state index in [0.717, 1.165) is 51.5 Å². The molecule has 0 unspecified atom stereocenters. The minimum Gasteiger partial charge on any atom is -0.494 e. The van der Waals surface area contributed by atoms with E-state index in [0.29, 0.717) is 0 Å². The normalized spacial score (nSPS) is 16.4. The Morgan fingerprint density at radius 3 is 2.65 bits per heavy atom. The zero-order valence-corrected chi connectivity index (χ0v) is 11.8. The van der Waals surface area contributed by atoms with Crippen LogP contribution >= 0.6 is 0 Å². The minimum absolute atomic E-state index is 0.794. The third-order valence-electron chi connectivity index (χ3n) is 3.82. The summed E-state index contributed by atoms with van der Waals surface area (Å²) >= 11 is 0. The Morgan fingerprint density at radius 2 is 1.80 bits per heavy atom. The highest BCUT2D eigenvalue weighted by Crippen LogP contribution is 2.20. The Hall–Kier alpha value is -1.58. The molecule has 3 rings (SSSR count).